The van der Waals surface area contributed by atoms with Crippen molar-refractivity contribution in [2.45, 2.75) is 18.8 Å². The van der Waals surface area contributed by atoms with Crippen molar-refractivity contribution in [1.82, 2.24) is 5.32 Å². The molecule has 84 valence electrons. The maximum Gasteiger partial charge on any atom is 0.237 e. The molecule has 4 nitrogen and oxygen atoms in total. The van der Waals surface area contributed by atoms with Gasteiger partial charge < -0.3 is 4.74 Å². The normalized spacial score (nSPS) is 24.4. The van der Waals surface area contributed by atoms with Crippen LogP contribution in [0.3, 0.4) is 0 Å². The number of ether oxygens (including phenoxy) is 1. The summed E-state index contributed by atoms with van der Waals surface area (Å²) in [5.74, 6) is 0.281. The van der Waals surface area contributed by atoms with Crippen LogP contribution in [0, 0.1) is 0 Å². The van der Waals surface area contributed by atoms with Crippen molar-refractivity contribution in [1.29, 1.82) is 0 Å². The minimum atomic E-state index is -0.747. The molecule has 0 radical (unpaired) electrons. The molecule has 1 aliphatic rings. The second-order valence-corrected chi connectivity index (χ2v) is 4.11. The average Bonchev–Trinajstić information content (AvgIpc) is 2.54. The van der Waals surface area contributed by atoms with Crippen molar-refractivity contribution in [3.8, 4) is 5.75 Å². The lowest BCUT2D eigenvalue weighted by Gasteiger charge is -2.20. The largest absolute Gasteiger partial charge is 0.497 e. The third kappa shape index (κ3) is 1.56. The number of rotatable bonds is 2. The van der Waals surface area contributed by atoms with Gasteiger partial charge in [0.15, 0.2) is 0 Å². The van der Waals surface area contributed by atoms with E-state index in [2.05, 4.69) is 5.32 Å². The molecule has 0 spiro atoms. The fraction of sp³-hybridized carbons (Fsp3) is 0.333. The molecule has 2 amide bonds. The Hall–Kier alpha value is -1.84. The van der Waals surface area contributed by atoms with Crippen LogP contribution >= 0.6 is 0 Å². The molecule has 0 saturated carbocycles. The minimum Gasteiger partial charge on any atom is -0.497 e. The van der Waals surface area contributed by atoms with E-state index in [1.54, 1.807) is 26.2 Å². The molecular weight excluding hydrogens is 206 g/mol. The van der Waals surface area contributed by atoms with Gasteiger partial charge in [0, 0.05) is 6.42 Å². The van der Waals surface area contributed by atoms with Crippen LogP contribution in [-0.2, 0) is 15.0 Å². The van der Waals surface area contributed by atoms with Gasteiger partial charge in [-0.05, 0) is 24.6 Å². The summed E-state index contributed by atoms with van der Waals surface area (Å²) in [6, 6.07) is 7.21. The molecule has 4 heteroatoms. The lowest BCUT2D eigenvalue weighted by Crippen LogP contribution is -2.32. The molecule has 0 aliphatic carbocycles. The molecule has 0 aromatic heterocycles. The van der Waals surface area contributed by atoms with Crippen LogP contribution in [0.1, 0.15) is 18.9 Å². The third-order valence-electron chi connectivity index (χ3n) is 3.00. The number of carbonyl (C=O) groups is 2. The Balaban J connectivity index is 2.36. The fourth-order valence-corrected chi connectivity index (χ4v) is 1.90. The highest BCUT2D eigenvalue weighted by Crippen LogP contribution is 2.32. The van der Waals surface area contributed by atoms with E-state index in [0.29, 0.717) is 0 Å². The predicted octanol–water partition coefficient (Wildman–Crippen LogP) is 0.999. The summed E-state index contributed by atoms with van der Waals surface area (Å²) in [7, 11) is 1.59. The van der Waals surface area contributed by atoms with Gasteiger partial charge in [-0.1, -0.05) is 12.1 Å². The Labute approximate surface area is 93.6 Å². The summed E-state index contributed by atoms with van der Waals surface area (Å²) in [6.45, 7) is 1.77. The number of hydrogen-bond donors (Lipinski definition) is 1. The SMILES string of the molecule is COc1ccc([C@]2(C)CC(=O)NC2=O)cc1. The van der Waals surface area contributed by atoms with E-state index >= 15 is 0 Å². The lowest BCUT2D eigenvalue weighted by molar-refractivity contribution is -0.126. The Morgan fingerprint density at radius 2 is 1.88 bits per heavy atom. The monoisotopic (exact) mass is 219 g/mol. The third-order valence-corrected chi connectivity index (χ3v) is 3.00. The zero-order chi connectivity index (χ0) is 11.8. The maximum atomic E-state index is 11.7. The van der Waals surface area contributed by atoms with E-state index in [4.69, 9.17) is 4.74 Å². The lowest BCUT2D eigenvalue weighted by atomic mass is 9.81. The molecule has 1 aliphatic heterocycles. The van der Waals surface area contributed by atoms with Crippen LogP contribution < -0.4 is 10.1 Å². The first-order valence-corrected chi connectivity index (χ1v) is 5.05. The van der Waals surface area contributed by atoms with Crippen LogP contribution in [0.25, 0.3) is 0 Å². The Morgan fingerprint density at radius 3 is 2.31 bits per heavy atom. The Bertz CT molecular complexity index is 438. The number of amides is 2. The maximum absolute atomic E-state index is 11.7. The van der Waals surface area contributed by atoms with Crippen molar-refractivity contribution >= 4 is 11.8 Å². The van der Waals surface area contributed by atoms with E-state index in [1.807, 2.05) is 12.1 Å². The highest BCUT2D eigenvalue weighted by molar-refractivity contribution is 6.08. The number of methoxy groups -OCH3 is 1. The van der Waals surface area contributed by atoms with Gasteiger partial charge in [0.05, 0.1) is 12.5 Å². The predicted molar refractivity (Wildman–Crippen MR) is 58.1 cm³/mol. The molecule has 0 bridgehead atoms. The molecule has 1 fully saturated rings. The van der Waals surface area contributed by atoms with Crippen molar-refractivity contribution < 1.29 is 14.3 Å². The zero-order valence-corrected chi connectivity index (χ0v) is 9.24. The smallest absolute Gasteiger partial charge is 0.237 e. The van der Waals surface area contributed by atoms with E-state index in [-0.39, 0.29) is 18.2 Å². The van der Waals surface area contributed by atoms with Crippen molar-refractivity contribution in [2.75, 3.05) is 7.11 Å². The standard InChI is InChI=1S/C12H13NO3/c1-12(7-10(14)13-11(12)15)8-3-5-9(16-2)6-4-8/h3-6H,7H2,1-2H3,(H,13,14,15)/t12-/m0/s1. The van der Waals surface area contributed by atoms with Crippen LogP contribution in [0.15, 0.2) is 24.3 Å². The van der Waals surface area contributed by atoms with Gasteiger partial charge in [-0.2, -0.15) is 0 Å². The summed E-state index contributed by atoms with van der Waals surface area (Å²) in [4.78, 5) is 22.9. The average molecular weight is 219 g/mol. The Morgan fingerprint density at radius 1 is 1.25 bits per heavy atom. The van der Waals surface area contributed by atoms with Crippen molar-refractivity contribution in [3.05, 3.63) is 29.8 Å². The summed E-state index contributed by atoms with van der Waals surface area (Å²) < 4.78 is 5.05. The molecule has 1 aromatic carbocycles. The molecule has 0 unspecified atom stereocenters. The van der Waals surface area contributed by atoms with E-state index in [9.17, 15) is 9.59 Å². The van der Waals surface area contributed by atoms with Gasteiger partial charge in [-0.15, -0.1) is 0 Å². The first kappa shape index (κ1) is 10.7. The molecule has 2 rings (SSSR count). The molecule has 1 atom stereocenters. The highest BCUT2D eigenvalue weighted by atomic mass is 16.5. The van der Waals surface area contributed by atoms with Gasteiger partial charge in [0.1, 0.15) is 5.75 Å². The zero-order valence-electron chi connectivity index (χ0n) is 9.24. The Kier molecular flexibility index (Phi) is 2.42. The summed E-state index contributed by atoms with van der Waals surface area (Å²) in [5.41, 5.74) is 0.0836. The topological polar surface area (TPSA) is 55.4 Å². The second kappa shape index (κ2) is 3.63. The summed E-state index contributed by atoms with van der Waals surface area (Å²) >= 11 is 0. The minimum absolute atomic E-state index is 0.207. The second-order valence-electron chi connectivity index (χ2n) is 4.11. The van der Waals surface area contributed by atoms with Crippen molar-refractivity contribution in [3.63, 3.8) is 0 Å². The summed E-state index contributed by atoms with van der Waals surface area (Å²) in [5, 5.41) is 2.33. The quantitative estimate of drug-likeness (QED) is 0.755. The molecule has 1 N–H and O–H groups in total. The van der Waals surface area contributed by atoms with Gasteiger partial charge in [0.25, 0.3) is 0 Å². The van der Waals surface area contributed by atoms with Crippen molar-refractivity contribution in [2.24, 2.45) is 0 Å². The number of carbonyl (C=O) groups excluding carboxylic acids is 2. The van der Waals surface area contributed by atoms with Crippen LogP contribution in [0.2, 0.25) is 0 Å². The molecular formula is C12H13NO3. The first-order valence-electron chi connectivity index (χ1n) is 5.05. The van der Waals surface area contributed by atoms with Crippen LogP contribution in [0.4, 0.5) is 0 Å². The van der Waals surface area contributed by atoms with E-state index in [1.165, 1.54) is 0 Å². The van der Waals surface area contributed by atoms with Crippen LogP contribution in [0.5, 0.6) is 5.75 Å². The number of hydrogen-bond acceptors (Lipinski definition) is 3. The number of nitrogens with one attached hydrogen (secondary N) is 1. The number of benzene rings is 1. The fourth-order valence-electron chi connectivity index (χ4n) is 1.90. The molecule has 1 heterocycles. The molecule has 16 heavy (non-hydrogen) atoms. The molecule has 1 saturated heterocycles. The van der Waals surface area contributed by atoms with Crippen LogP contribution in [-0.4, -0.2) is 18.9 Å². The van der Waals surface area contributed by atoms with E-state index in [0.717, 1.165) is 11.3 Å². The molecule has 1 aromatic rings. The van der Waals surface area contributed by atoms with E-state index < -0.39 is 5.41 Å². The van der Waals surface area contributed by atoms with Gasteiger partial charge in [0.2, 0.25) is 11.8 Å². The first-order chi connectivity index (χ1) is 7.56. The highest BCUT2D eigenvalue weighted by Gasteiger charge is 2.43. The summed E-state index contributed by atoms with van der Waals surface area (Å²) in [6.07, 6.45) is 0.207. The van der Waals surface area contributed by atoms with Gasteiger partial charge in [-0.25, -0.2) is 0 Å². The van der Waals surface area contributed by atoms with Gasteiger partial charge in [-0.3, -0.25) is 14.9 Å². The van der Waals surface area contributed by atoms with Gasteiger partial charge >= 0.3 is 0 Å². The number of imide groups is 1.